The maximum Gasteiger partial charge on any atom is -0.000112 e. The summed E-state index contributed by atoms with van der Waals surface area (Å²) in [6.07, 6.45) is 1.96. The van der Waals surface area contributed by atoms with E-state index in [4.69, 9.17) is 0 Å². The van der Waals surface area contributed by atoms with Crippen molar-refractivity contribution in [2.24, 2.45) is 0 Å². The van der Waals surface area contributed by atoms with Crippen molar-refractivity contribution >= 4 is 43.1 Å². The summed E-state index contributed by atoms with van der Waals surface area (Å²) in [4.78, 5) is 0. The van der Waals surface area contributed by atoms with Crippen LogP contribution >= 0.6 is 0 Å². The molecule has 0 aromatic heterocycles. The summed E-state index contributed by atoms with van der Waals surface area (Å²) >= 11 is 0. The second-order valence-corrected chi connectivity index (χ2v) is 8.38. The highest BCUT2D eigenvalue weighted by Crippen LogP contribution is 2.37. The van der Waals surface area contributed by atoms with Gasteiger partial charge in [0, 0.05) is 0 Å². The van der Waals surface area contributed by atoms with Crippen LogP contribution in [0.15, 0.2) is 103 Å². The van der Waals surface area contributed by atoms with Crippen LogP contribution < -0.4 is 0 Å². The zero-order chi connectivity index (χ0) is 20.8. The molecule has 0 heterocycles. The van der Waals surface area contributed by atoms with Crippen molar-refractivity contribution in [2.45, 2.75) is 19.8 Å². The van der Waals surface area contributed by atoms with E-state index in [-0.39, 0.29) is 0 Å². The van der Waals surface area contributed by atoms with Crippen LogP contribution in [0.3, 0.4) is 0 Å². The second kappa shape index (κ2) is 7.25. The summed E-state index contributed by atoms with van der Waals surface area (Å²) in [6, 6.07) is 37.9. The van der Waals surface area contributed by atoms with Crippen molar-refractivity contribution in [1.29, 1.82) is 0 Å². The zero-order valence-corrected chi connectivity index (χ0v) is 17.7. The minimum atomic E-state index is 0.923. The number of aryl methyl sites for hydroxylation is 1. The third-order valence-electron chi connectivity index (χ3n) is 6.74. The van der Waals surface area contributed by atoms with Gasteiger partial charge in [-0.3, -0.25) is 0 Å². The van der Waals surface area contributed by atoms with Gasteiger partial charge >= 0.3 is 0 Å². The fourth-order valence-corrected chi connectivity index (χ4v) is 5.36. The van der Waals surface area contributed by atoms with E-state index in [0.717, 1.165) is 12.8 Å². The number of rotatable bonds is 3. The molecule has 6 rings (SSSR count). The van der Waals surface area contributed by atoms with Crippen molar-refractivity contribution in [3.63, 3.8) is 0 Å². The van der Waals surface area contributed by atoms with Gasteiger partial charge in [0.1, 0.15) is 0 Å². The zero-order valence-electron chi connectivity index (χ0n) is 17.7. The van der Waals surface area contributed by atoms with E-state index in [1.54, 1.807) is 0 Å². The first kappa shape index (κ1) is 18.2. The molecule has 31 heavy (non-hydrogen) atoms. The summed E-state index contributed by atoms with van der Waals surface area (Å²) in [5.41, 5.74) is 4.32. The molecule has 0 saturated carbocycles. The van der Waals surface area contributed by atoms with E-state index in [0.29, 0.717) is 0 Å². The first-order valence-electron chi connectivity index (χ1n) is 11.2. The van der Waals surface area contributed by atoms with Gasteiger partial charge in [0.15, 0.2) is 0 Å². The molecular weight excluding hydrogens is 372 g/mol. The van der Waals surface area contributed by atoms with Crippen LogP contribution in [-0.4, -0.2) is 0 Å². The van der Waals surface area contributed by atoms with E-state index in [1.165, 1.54) is 59.8 Å². The Balaban J connectivity index is 1.74. The van der Waals surface area contributed by atoms with Gasteiger partial charge in [0.05, 0.1) is 0 Å². The van der Waals surface area contributed by atoms with Crippen LogP contribution in [0.5, 0.6) is 0 Å². The Morgan fingerprint density at radius 1 is 0.419 bits per heavy atom. The molecule has 0 nitrogen and oxygen atoms in total. The number of fused-ring (bicyclic) bond motifs is 4. The molecule has 6 aromatic carbocycles. The third kappa shape index (κ3) is 2.83. The van der Waals surface area contributed by atoms with Crippen molar-refractivity contribution in [1.82, 2.24) is 0 Å². The molecule has 0 saturated heterocycles. The molecule has 0 heteroatoms. The van der Waals surface area contributed by atoms with Crippen molar-refractivity contribution in [3.05, 3.63) is 120 Å². The lowest BCUT2D eigenvalue weighted by Crippen LogP contribution is -1.98. The first-order valence-corrected chi connectivity index (χ1v) is 11.2. The maximum absolute atomic E-state index is 2.32. The van der Waals surface area contributed by atoms with Gasteiger partial charge in [0.2, 0.25) is 0 Å². The van der Waals surface area contributed by atoms with Gasteiger partial charge in [0.25, 0.3) is 0 Å². The largest absolute Gasteiger partial charge is 0.0616 e. The molecule has 0 atom stereocenters. The quantitative estimate of drug-likeness (QED) is 0.263. The second-order valence-electron chi connectivity index (χ2n) is 8.38. The Kier molecular flexibility index (Phi) is 4.25. The predicted octanol–water partition coefficient (Wildman–Crippen LogP) is 8.45. The lowest BCUT2D eigenvalue weighted by Gasteiger charge is -2.18. The average molecular weight is 397 g/mol. The molecule has 0 N–H and O–H groups in total. The van der Waals surface area contributed by atoms with E-state index >= 15 is 0 Å². The normalized spacial score (nSPS) is 11.6. The third-order valence-corrected chi connectivity index (χ3v) is 6.74. The van der Waals surface area contributed by atoms with Gasteiger partial charge in [-0.05, 0) is 78.7 Å². The van der Waals surface area contributed by atoms with Gasteiger partial charge in [-0.15, -0.1) is 0 Å². The highest BCUT2D eigenvalue weighted by molar-refractivity contribution is 6.08. The predicted molar refractivity (Wildman–Crippen MR) is 135 cm³/mol. The van der Waals surface area contributed by atoms with Gasteiger partial charge in [-0.1, -0.05) is 104 Å². The molecule has 0 spiro atoms. The van der Waals surface area contributed by atoms with Gasteiger partial charge in [-0.25, -0.2) is 0 Å². The lowest BCUT2D eigenvalue weighted by molar-refractivity contribution is 1.17. The van der Waals surface area contributed by atoms with Gasteiger partial charge in [-0.2, -0.15) is 0 Å². The molecule has 148 valence electrons. The fourth-order valence-electron chi connectivity index (χ4n) is 5.36. The highest BCUT2D eigenvalue weighted by Gasteiger charge is 2.15. The standard InChI is InChI=1S/C31H24/c1-2-23-26-15-7-9-17-28(26)31(29-18-10-8-16-27(23)29)20-30-24-13-5-3-11-21(24)19-22-12-4-6-14-25(22)30/h3-19H,2,20H2,1H3. The Morgan fingerprint density at radius 2 is 0.774 bits per heavy atom. The van der Waals surface area contributed by atoms with Gasteiger partial charge < -0.3 is 0 Å². The molecule has 0 unspecified atom stereocenters. The molecule has 0 radical (unpaired) electrons. The number of hydrogen-bond donors (Lipinski definition) is 0. The molecule has 0 aliphatic carbocycles. The van der Waals surface area contributed by atoms with Crippen LogP contribution in [-0.2, 0) is 12.8 Å². The van der Waals surface area contributed by atoms with Crippen molar-refractivity contribution in [3.8, 4) is 0 Å². The van der Waals surface area contributed by atoms with E-state index < -0.39 is 0 Å². The monoisotopic (exact) mass is 396 g/mol. The SMILES string of the molecule is CCc1c2ccccc2c(Cc2c3ccccc3cc3ccccc23)c2ccccc12. The lowest BCUT2D eigenvalue weighted by atomic mass is 9.86. The fraction of sp³-hybridized carbons (Fsp3) is 0.0968. The van der Waals surface area contributed by atoms with Crippen molar-refractivity contribution < 1.29 is 0 Å². The topological polar surface area (TPSA) is 0 Å². The summed E-state index contributed by atoms with van der Waals surface area (Å²) < 4.78 is 0. The van der Waals surface area contributed by atoms with Crippen LogP contribution in [0.2, 0.25) is 0 Å². The van der Waals surface area contributed by atoms with Crippen LogP contribution in [0.1, 0.15) is 23.6 Å². The number of benzene rings is 6. The molecule has 0 amide bonds. The van der Waals surface area contributed by atoms with Crippen molar-refractivity contribution in [2.75, 3.05) is 0 Å². The summed E-state index contributed by atoms with van der Waals surface area (Å²) in [7, 11) is 0. The van der Waals surface area contributed by atoms with Crippen LogP contribution in [0.25, 0.3) is 43.1 Å². The Morgan fingerprint density at radius 3 is 1.23 bits per heavy atom. The maximum atomic E-state index is 2.32. The van der Waals surface area contributed by atoms with Crippen LogP contribution in [0.4, 0.5) is 0 Å². The molecule has 0 aliphatic rings. The van der Waals surface area contributed by atoms with Crippen LogP contribution in [0, 0.1) is 0 Å². The molecule has 6 aromatic rings. The molecule has 0 bridgehead atoms. The minimum absolute atomic E-state index is 0.923. The molecule has 0 aliphatic heterocycles. The molecular formula is C31H24. The smallest absolute Gasteiger partial charge is 0.000112 e. The van der Waals surface area contributed by atoms with E-state index in [9.17, 15) is 0 Å². The number of hydrogen-bond acceptors (Lipinski definition) is 0. The Hall–Kier alpha value is -3.64. The summed E-state index contributed by atoms with van der Waals surface area (Å²) in [5.74, 6) is 0. The average Bonchev–Trinajstić information content (AvgIpc) is 2.83. The summed E-state index contributed by atoms with van der Waals surface area (Å²) in [6.45, 7) is 2.27. The minimum Gasteiger partial charge on any atom is -0.0616 e. The van der Waals surface area contributed by atoms with E-state index in [2.05, 4.69) is 110 Å². The molecule has 0 fully saturated rings. The van der Waals surface area contributed by atoms with E-state index in [1.807, 2.05) is 0 Å². The Bertz CT molecular complexity index is 1480. The summed E-state index contributed by atoms with van der Waals surface area (Å²) in [5, 5.41) is 10.9. The Labute approximate surface area is 182 Å². The first-order chi connectivity index (χ1) is 15.3. The highest BCUT2D eigenvalue weighted by atomic mass is 14.2.